The summed E-state index contributed by atoms with van der Waals surface area (Å²) >= 11 is 0. The molecule has 2 nitrogen and oxygen atoms in total. The van der Waals surface area contributed by atoms with E-state index in [9.17, 15) is 0 Å². The number of nitrogens with two attached hydrogens (primary N) is 1. The Bertz CT molecular complexity index is 390. The van der Waals surface area contributed by atoms with Crippen molar-refractivity contribution in [3.63, 3.8) is 0 Å². The summed E-state index contributed by atoms with van der Waals surface area (Å²) in [6.07, 6.45) is 6.99. The van der Waals surface area contributed by atoms with Crippen molar-refractivity contribution in [2.45, 2.75) is 44.7 Å². The second-order valence-electron chi connectivity index (χ2n) is 6.34. The molecule has 0 aliphatic heterocycles. The summed E-state index contributed by atoms with van der Waals surface area (Å²) in [4.78, 5) is 2.71. The number of rotatable bonds is 6. The van der Waals surface area contributed by atoms with E-state index in [1.165, 1.54) is 37.8 Å². The third-order valence-electron chi connectivity index (χ3n) is 5.05. The lowest BCUT2D eigenvalue weighted by Gasteiger charge is -2.34. The van der Waals surface area contributed by atoms with Crippen molar-refractivity contribution in [2.24, 2.45) is 17.6 Å². The van der Waals surface area contributed by atoms with Crippen LogP contribution >= 0.6 is 0 Å². The fourth-order valence-electron chi connectivity index (χ4n) is 4.13. The van der Waals surface area contributed by atoms with E-state index < -0.39 is 0 Å². The lowest BCUT2D eigenvalue weighted by molar-refractivity contribution is 0.134. The van der Waals surface area contributed by atoms with Crippen molar-refractivity contribution in [2.75, 3.05) is 13.1 Å². The maximum Gasteiger partial charge on any atom is 0.0236 e. The molecule has 2 heteroatoms. The van der Waals surface area contributed by atoms with Crippen molar-refractivity contribution in [3.8, 4) is 0 Å². The van der Waals surface area contributed by atoms with Crippen molar-refractivity contribution in [1.82, 2.24) is 4.90 Å². The topological polar surface area (TPSA) is 29.3 Å². The summed E-state index contributed by atoms with van der Waals surface area (Å²) in [7, 11) is 0. The second-order valence-corrected chi connectivity index (χ2v) is 6.34. The first kappa shape index (κ1) is 13.1. The van der Waals surface area contributed by atoms with Gasteiger partial charge in [-0.25, -0.2) is 0 Å². The average molecular weight is 258 g/mol. The molecule has 104 valence electrons. The smallest absolute Gasteiger partial charge is 0.0236 e. The highest BCUT2D eigenvalue weighted by molar-refractivity contribution is 5.15. The molecule has 2 aliphatic carbocycles. The van der Waals surface area contributed by atoms with Crippen LogP contribution in [0, 0.1) is 11.8 Å². The molecule has 0 aromatic heterocycles. The third kappa shape index (κ3) is 3.01. The Morgan fingerprint density at radius 2 is 1.95 bits per heavy atom. The van der Waals surface area contributed by atoms with Crippen LogP contribution in [0.3, 0.4) is 0 Å². The van der Waals surface area contributed by atoms with Gasteiger partial charge in [0.15, 0.2) is 0 Å². The van der Waals surface area contributed by atoms with E-state index in [4.69, 9.17) is 5.73 Å². The summed E-state index contributed by atoms with van der Waals surface area (Å²) in [5.41, 5.74) is 7.16. The summed E-state index contributed by atoms with van der Waals surface area (Å²) in [5, 5.41) is 0. The highest BCUT2D eigenvalue weighted by Crippen LogP contribution is 2.46. The molecule has 1 aromatic carbocycles. The quantitative estimate of drug-likeness (QED) is 0.850. The first-order valence-electron chi connectivity index (χ1n) is 7.85. The SMILES string of the molecule is NCCCN(Cc1ccccc1)C1CC2CCC1C2. The van der Waals surface area contributed by atoms with Gasteiger partial charge < -0.3 is 5.73 Å². The molecule has 0 spiro atoms. The molecule has 3 rings (SSSR count). The molecule has 0 heterocycles. The predicted molar refractivity (Wildman–Crippen MR) is 79.8 cm³/mol. The van der Waals surface area contributed by atoms with Gasteiger partial charge in [-0.05, 0) is 56.2 Å². The van der Waals surface area contributed by atoms with Crippen LogP contribution in [-0.2, 0) is 6.54 Å². The Morgan fingerprint density at radius 3 is 2.58 bits per heavy atom. The van der Waals surface area contributed by atoms with Gasteiger partial charge in [-0.3, -0.25) is 4.90 Å². The number of hydrogen-bond acceptors (Lipinski definition) is 2. The van der Waals surface area contributed by atoms with Crippen LogP contribution in [0.15, 0.2) is 30.3 Å². The van der Waals surface area contributed by atoms with Crippen LogP contribution in [0.1, 0.15) is 37.7 Å². The monoisotopic (exact) mass is 258 g/mol. The number of nitrogens with zero attached hydrogens (tertiary/aromatic N) is 1. The summed E-state index contributed by atoms with van der Waals surface area (Å²) in [5.74, 6) is 1.98. The molecule has 0 amide bonds. The zero-order chi connectivity index (χ0) is 13.1. The molecule has 2 N–H and O–H groups in total. The largest absolute Gasteiger partial charge is 0.330 e. The fraction of sp³-hybridized carbons (Fsp3) is 0.647. The Morgan fingerprint density at radius 1 is 1.11 bits per heavy atom. The van der Waals surface area contributed by atoms with E-state index in [2.05, 4.69) is 35.2 Å². The van der Waals surface area contributed by atoms with Crippen LogP contribution in [0.5, 0.6) is 0 Å². The van der Waals surface area contributed by atoms with Crippen LogP contribution in [0.4, 0.5) is 0 Å². The lowest BCUT2D eigenvalue weighted by Crippen LogP contribution is -2.39. The normalized spacial score (nSPS) is 29.3. The van der Waals surface area contributed by atoms with Crippen molar-refractivity contribution in [3.05, 3.63) is 35.9 Å². The Labute approximate surface area is 117 Å². The maximum atomic E-state index is 5.72. The van der Waals surface area contributed by atoms with Gasteiger partial charge in [-0.1, -0.05) is 36.8 Å². The molecule has 19 heavy (non-hydrogen) atoms. The van der Waals surface area contributed by atoms with E-state index in [-0.39, 0.29) is 0 Å². The van der Waals surface area contributed by atoms with Gasteiger partial charge in [0.25, 0.3) is 0 Å². The molecule has 0 saturated heterocycles. The summed E-state index contributed by atoms with van der Waals surface area (Å²) < 4.78 is 0. The molecule has 1 aromatic rings. The summed E-state index contributed by atoms with van der Waals surface area (Å²) in [6.45, 7) is 3.08. The van der Waals surface area contributed by atoms with Gasteiger partial charge in [-0.2, -0.15) is 0 Å². The van der Waals surface area contributed by atoms with Crippen LogP contribution < -0.4 is 5.73 Å². The number of fused-ring (bicyclic) bond motifs is 2. The second kappa shape index (κ2) is 6.06. The minimum atomic E-state index is 0.812. The zero-order valence-electron chi connectivity index (χ0n) is 11.8. The summed E-state index contributed by atoms with van der Waals surface area (Å²) in [6, 6.07) is 11.7. The van der Waals surface area contributed by atoms with Crippen molar-refractivity contribution >= 4 is 0 Å². The highest BCUT2D eigenvalue weighted by Gasteiger charge is 2.41. The van der Waals surface area contributed by atoms with Crippen LogP contribution in [0.2, 0.25) is 0 Å². The lowest BCUT2D eigenvalue weighted by atomic mass is 9.93. The van der Waals surface area contributed by atoms with E-state index in [1.807, 2.05) is 0 Å². The molecular formula is C17H26N2. The van der Waals surface area contributed by atoms with E-state index in [1.54, 1.807) is 0 Å². The highest BCUT2D eigenvalue weighted by atomic mass is 15.2. The first-order valence-corrected chi connectivity index (χ1v) is 7.85. The van der Waals surface area contributed by atoms with Crippen LogP contribution in [-0.4, -0.2) is 24.0 Å². The van der Waals surface area contributed by atoms with Crippen molar-refractivity contribution in [1.29, 1.82) is 0 Å². The van der Waals surface area contributed by atoms with Gasteiger partial charge in [0, 0.05) is 12.6 Å². The van der Waals surface area contributed by atoms with Gasteiger partial charge >= 0.3 is 0 Å². The van der Waals surface area contributed by atoms with E-state index >= 15 is 0 Å². The first-order chi connectivity index (χ1) is 9.36. The Balaban J connectivity index is 1.67. The van der Waals surface area contributed by atoms with E-state index in [0.29, 0.717) is 0 Å². The average Bonchev–Trinajstić information content (AvgIpc) is 3.07. The van der Waals surface area contributed by atoms with Crippen LogP contribution in [0.25, 0.3) is 0 Å². The predicted octanol–water partition coefficient (Wildman–Crippen LogP) is 3.03. The molecular weight excluding hydrogens is 232 g/mol. The molecule has 2 saturated carbocycles. The van der Waals surface area contributed by atoms with Gasteiger partial charge in [0.2, 0.25) is 0 Å². The van der Waals surface area contributed by atoms with E-state index in [0.717, 1.165) is 37.4 Å². The van der Waals surface area contributed by atoms with Gasteiger partial charge in [-0.15, -0.1) is 0 Å². The molecule has 0 radical (unpaired) electrons. The molecule has 3 unspecified atom stereocenters. The minimum absolute atomic E-state index is 0.812. The molecule has 2 aliphatic rings. The fourth-order valence-corrected chi connectivity index (χ4v) is 4.13. The number of hydrogen-bond donors (Lipinski definition) is 1. The number of benzene rings is 1. The Kier molecular flexibility index (Phi) is 4.19. The third-order valence-corrected chi connectivity index (χ3v) is 5.05. The molecule has 2 fully saturated rings. The molecule has 3 atom stereocenters. The van der Waals surface area contributed by atoms with Gasteiger partial charge in [0.1, 0.15) is 0 Å². The van der Waals surface area contributed by atoms with Crippen molar-refractivity contribution < 1.29 is 0 Å². The minimum Gasteiger partial charge on any atom is -0.330 e. The zero-order valence-corrected chi connectivity index (χ0v) is 11.8. The maximum absolute atomic E-state index is 5.72. The Hall–Kier alpha value is -0.860. The van der Waals surface area contributed by atoms with Gasteiger partial charge in [0.05, 0.1) is 0 Å². The standard InChI is InChI=1S/C17H26N2/c18-9-4-10-19(13-14-5-2-1-3-6-14)17-12-15-7-8-16(17)11-15/h1-3,5-6,15-17H,4,7-13,18H2. The molecule has 2 bridgehead atoms.